The molecule has 0 aromatic heterocycles. The Hall–Kier alpha value is -3.96. The summed E-state index contributed by atoms with van der Waals surface area (Å²) in [5.74, 6) is 0.629. The van der Waals surface area contributed by atoms with Crippen molar-refractivity contribution in [2.24, 2.45) is 5.41 Å². The number of thioether (sulfide) groups is 1. The molecule has 1 aromatic rings. The average Bonchev–Trinajstić information content (AvgIpc) is 3.16. The predicted octanol–water partition coefficient (Wildman–Crippen LogP) is 6.98. The van der Waals surface area contributed by atoms with Crippen molar-refractivity contribution in [3.63, 3.8) is 0 Å². The van der Waals surface area contributed by atoms with Gasteiger partial charge in [-0.15, -0.1) is 11.8 Å². The molecule has 2 aliphatic rings. The Balaban J connectivity index is 2.05. The zero-order valence-corrected chi connectivity index (χ0v) is 24.9. The van der Waals surface area contributed by atoms with Gasteiger partial charge in [0.05, 0.1) is 6.61 Å². The first-order valence-corrected chi connectivity index (χ1v) is 14.1. The summed E-state index contributed by atoms with van der Waals surface area (Å²) in [6.07, 6.45) is 11.9. The number of hydrogen-bond donors (Lipinski definition) is 1. The first kappa shape index (κ1) is 30.6. The number of aliphatic hydroxyl groups is 1. The fourth-order valence-corrected chi connectivity index (χ4v) is 5.83. The zero-order chi connectivity index (χ0) is 29.5. The van der Waals surface area contributed by atoms with Crippen molar-refractivity contribution in [1.82, 2.24) is 0 Å². The minimum atomic E-state index is -0.861. The highest BCUT2D eigenvalue weighted by atomic mass is 32.2. The molecule has 6 nitrogen and oxygen atoms in total. The molecule has 0 fully saturated rings. The summed E-state index contributed by atoms with van der Waals surface area (Å²) in [5.41, 5.74) is 4.45. The van der Waals surface area contributed by atoms with Crippen LogP contribution in [0.15, 0.2) is 87.1 Å². The number of ether oxygens (including phenoxy) is 1. The normalized spacial score (nSPS) is 19.1. The van der Waals surface area contributed by atoms with E-state index in [9.17, 15) is 20.9 Å². The molecule has 0 bridgehead atoms. The van der Waals surface area contributed by atoms with Crippen molar-refractivity contribution >= 4 is 23.5 Å². The van der Waals surface area contributed by atoms with Gasteiger partial charge in [-0.2, -0.15) is 15.8 Å². The number of allylic oxidation sites excluding steroid dienone is 7. The summed E-state index contributed by atoms with van der Waals surface area (Å²) in [4.78, 5) is 3.23. The van der Waals surface area contributed by atoms with Crippen LogP contribution in [0.2, 0.25) is 0 Å². The van der Waals surface area contributed by atoms with Crippen molar-refractivity contribution < 1.29 is 9.84 Å². The monoisotopic (exact) mass is 552 g/mol. The predicted molar refractivity (Wildman–Crippen MR) is 163 cm³/mol. The summed E-state index contributed by atoms with van der Waals surface area (Å²) in [7, 11) is 4.05. The summed E-state index contributed by atoms with van der Waals surface area (Å²) >= 11 is 1.65. The molecule has 0 saturated carbocycles. The van der Waals surface area contributed by atoms with Crippen LogP contribution < -0.4 is 4.90 Å². The van der Waals surface area contributed by atoms with Crippen molar-refractivity contribution in [3.8, 4) is 18.2 Å². The van der Waals surface area contributed by atoms with Gasteiger partial charge < -0.3 is 14.7 Å². The number of anilines is 1. The van der Waals surface area contributed by atoms with Crippen LogP contribution in [0.25, 0.3) is 6.08 Å². The number of hydrogen-bond acceptors (Lipinski definition) is 7. The first-order chi connectivity index (χ1) is 19.0. The van der Waals surface area contributed by atoms with E-state index in [0.29, 0.717) is 11.3 Å². The van der Waals surface area contributed by atoms with Gasteiger partial charge in [0, 0.05) is 36.0 Å². The Morgan fingerprint density at radius 3 is 2.27 bits per heavy atom. The molecule has 1 aromatic carbocycles. The van der Waals surface area contributed by atoms with E-state index in [0.717, 1.165) is 34.6 Å². The topological polar surface area (TPSA) is 104 Å². The molecule has 1 heterocycles. The molecule has 206 valence electrons. The standard InChI is InChI=1S/C33H36N4O2S/c1-32(2)18-24(8-7-9-29-28(22-36)30(26(20-34)21-35)39-33(29,3)4)31(40-17-16-38)25(19-32)13-10-23-11-14-27(15-12-23)37(5)6/h7-15,38H,16-19H2,1-6H3/b9-7+,13-10+,24-8+. The Kier molecular flexibility index (Phi) is 9.88. The van der Waals surface area contributed by atoms with Gasteiger partial charge >= 0.3 is 0 Å². The SMILES string of the molecule is CN(C)c1ccc(/C=C/C2=C(SCCO)C(=C/C=C/C3=C(C#N)C(=C(C#N)C#N)OC3(C)C)/CC(C)(C)C2)cc1. The molecule has 1 aliphatic carbocycles. The third kappa shape index (κ3) is 7.16. The molecule has 40 heavy (non-hydrogen) atoms. The van der Waals surface area contributed by atoms with Crippen LogP contribution in [0.3, 0.4) is 0 Å². The number of benzene rings is 1. The zero-order valence-electron chi connectivity index (χ0n) is 24.1. The molecule has 3 rings (SSSR count). The van der Waals surface area contributed by atoms with E-state index in [1.807, 2.05) is 52.2 Å². The molecule has 0 spiro atoms. The highest BCUT2D eigenvalue weighted by Crippen LogP contribution is 2.46. The van der Waals surface area contributed by atoms with Gasteiger partial charge in [-0.3, -0.25) is 0 Å². The van der Waals surface area contributed by atoms with Crippen molar-refractivity contribution in [2.75, 3.05) is 31.4 Å². The molecular weight excluding hydrogens is 516 g/mol. The van der Waals surface area contributed by atoms with Crippen LogP contribution in [-0.4, -0.2) is 37.2 Å². The second-order valence-corrected chi connectivity index (χ2v) is 12.4. The van der Waals surface area contributed by atoms with Crippen LogP contribution in [0.4, 0.5) is 5.69 Å². The summed E-state index contributed by atoms with van der Waals surface area (Å²) in [6.45, 7) is 8.23. The largest absolute Gasteiger partial charge is 0.480 e. The van der Waals surface area contributed by atoms with Gasteiger partial charge in [-0.25, -0.2) is 0 Å². The average molecular weight is 553 g/mol. The number of aliphatic hydroxyl groups excluding tert-OH is 1. The summed E-state index contributed by atoms with van der Waals surface area (Å²) in [6, 6.07) is 14.2. The minimum absolute atomic E-state index is 0.0359. The van der Waals surface area contributed by atoms with Gasteiger partial charge in [0.15, 0.2) is 11.3 Å². The van der Waals surface area contributed by atoms with Gasteiger partial charge in [-0.1, -0.05) is 56.4 Å². The maximum atomic E-state index is 9.83. The Bertz CT molecular complexity index is 1430. The van der Waals surface area contributed by atoms with E-state index >= 15 is 0 Å². The fraction of sp³-hybridized carbons (Fsp3) is 0.364. The van der Waals surface area contributed by atoms with Crippen LogP contribution >= 0.6 is 11.8 Å². The van der Waals surface area contributed by atoms with Crippen LogP contribution in [0.1, 0.15) is 46.1 Å². The maximum absolute atomic E-state index is 9.83. The lowest BCUT2D eigenvalue weighted by Crippen LogP contribution is -2.21. The van der Waals surface area contributed by atoms with E-state index in [2.05, 4.69) is 67.3 Å². The maximum Gasteiger partial charge on any atom is 0.172 e. The molecular formula is C33H36N4O2S. The number of rotatable bonds is 8. The van der Waals surface area contributed by atoms with Crippen LogP contribution in [0, 0.1) is 39.4 Å². The molecule has 0 atom stereocenters. The number of nitrogens with zero attached hydrogens (tertiary/aromatic N) is 4. The van der Waals surface area contributed by atoms with E-state index in [1.165, 1.54) is 5.57 Å². The molecule has 0 unspecified atom stereocenters. The van der Waals surface area contributed by atoms with E-state index in [1.54, 1.807) is 11.8 Å². The van der Waals surface area contributed by atoms with Crippen molar-refractivity contribution in [3.05, 3.63) is 92.7 Å². The molecule has 1 aliphatic heterocycles. The van der Waals surface area contributed by atoms with Crippen LogP contribution in [-0.2, 0) is 4.74 Å². The molecule has 0 radical (unpaired) electrons. The lowest BCUT2D eigenvalue weighted by atomic mass is 9.74. The Morgan fingerprint density at radius 2 is 1.70 bits per heavy atom. The highest BCUT2D eigenvalue weighted by Gasteiger charge is 2.38. The smallest absolute Gasteiger partial charge is 0.172 e. The first-order valence-electron chi connectivity index (χ1n) is 13.1. The molecule has 7 heteroatoms. The molecule has 1 N–H and O–H groups in total. The van der Waals surface area contributed by atoms with E-state index in [4.69, 9.17) is 4.74 Å². The van der Waals surface area contributed by atoms with Crippen molar-refractivity contribution in [2.45, 2.75) is 46.1 Å². The minimum Gasteiger partial charge on any atom is -0.480 e. The van der Waals surface area contributed by atoms with Gasteiger partial charge in [0.1, 0.15) is 29.4 Å². The van der Waals surface area contributed by atoms with Gasteiger partial charge in [-0.05, 0) is 60.9 Å². The van der Waals surface area contributed by atoms with Crippen LogP contribution in [0.5, 0.6) is 0 Å². The Morgan fingerprint density at radius 1 is 1.02 bits per heavy atom. The third-order valence-corrected chi connectivity index (χ3v) is 7.97. The summed E-state index contributed by atoms with van der Waals surface area (Å²) in [5, 5.41) is 38.1. The third-order valence-electron chi connectivity index (χ3n) is 6.77. The van der Waals surface area contributed by atoms with Gasteiger partial charge in [0.2, 0.25) is 0 Å². The molecule has 0 saturated heterocycles. The lowest BCUT2D eigenvalue weighted by Gasteiger charge is -2.34. The van der Waals surface area contributed by atoms with Gasteiger partial charge in [0.25, 0.3) is 0 Å². The summed E-state index contributed by atoms with van der Waals surface area (Å²) < 4.78 is 5.88. The second kappa shape index (κ2) is 12.9. The van der Waals surface area contributed by atoms with E-state index < -0.39 is 5.60 Å². The van der Waals surface area contributed by atoms with E-state index in [-0.39, 0.29) is 28.9 Å². The second-order valence-electron chi connectivity index (χ2n) is 11.3. The molecule has 0 amide bonds. The quantitative estimate of drug-likeness (QED) is 0.347. The van der Waals surface area contributed by atoms with Crippen molar-refractivity contribution in [1.29, 1.82) is 15.8 Å². The fourth-order valence-electron chi connectivity index (χ4n) is 4.89. The number of nitriles is 3. The highest BCUT2D eigenvalue weighted by molar-refractivity contribution is 8.03. The lowest BCUT2D eigenvalue weighted by molar-refractivity contribution is 0.0954. The Labute approximate surface area is 242 Å².